The lowest BCUT2D eigenvalue weighted by atomic mass is 10.1. The molecule has 24 heavy (non-hydrogen) atoms. The van der Waals surface area contributed by atoms with Gasteiger partial charge in [0.25, 0.3) is 0 Å². The van der Waals surface area contributed by atoms with Gasteiger partial charge in [0.05, 0.1) is 5.75 Å². The fourth-order valence-electron chi connectivity index (χ4n) is 2.45. The normalized spacial score (nSPS) is 10.8. The summed E-state index contributed by atoms with van der Waals surface area (Å²) in [7, 11) is 0. The molecular weight excluding hydrogens is 318 g/mol. The molecule has 0 aliphatic heterocycles. The van der Waals surface area contributed by atoms with Gasteiger partial charge in [0, 0.05) is 11.3 Å². The van der Waals surface area contributed by atoms with E-state index in [1.54, 1.807) is 0 Å². The van der Waals surface area contributed by atoms with Gasteiger partial charge in [0.1, 0.15) is 5.82 Å². The van der Waals surface area contributed by atoms with Gasteiger partial charge >= 0.3 is 0 Å². The molecule has 3 aromatic rings. The van der Waals surface area contributed by atoms with Gasteiger partial charge in [-0.3, -0.25) is 9.36 Å². The third kappa shape index (κ3) is 3.57. The minimum absolute atomic E-state index is 0.0939. The predicted octanol–water partition coefficient (Wildman–Crippen LogP) is 4.17. The number of carbonyl (C=O) groups excluding carboxylic acids is 1. The summed E-state index contributed by atoms with van der Waals surface area (Å²) in [6, 6.07) is 15.8. The number of thioether (sulfide) groups is 1. The number of Topliss-reactive ketones (excluding diaryl/α,β-unsaturated/α-hetero) is 1. The Morgan fingerprint density at radius 1 is 1.00 bits per heavy atom. The van der Waals surface area contributed by atoms with Gasteiger partial charge in [0.2, 0.25) is 0 Å². The maximum absolute atomic E-state index is 12.4. The van der Waals surface area contributed by atoms with Crippen LogP contribution in [0.3, 0.4) is 0 Å². The summed E-state index contributed by atoms with van der Waals surface area (Å²) in [5.74, 6) is 1.25. The number of rotatable bonds is 5. The maximum atomic E-state index is 12.4. The van der Waals surface area contributed by atoms with Crippen LogP contribution in [0.5, 0.6) is 0 Å². The third-order valence-corrected chi connectivity index (χ3v) is 4.69. The molecule has 0 radical (unpaired) electrons. The Bertz CT molecular complexity index is 869. The number of carbonyl (C=O) groups is 1. The van der Waals surface area contributed by atoms with E-state index in [2.05, 4.69) is 29.3 Å². The second kappa shape index (κ2) is 7.01. The molecule has 0 saturated carbocycles. The zero-order chi connectivity index (χ0) is 17.1. The van der Waals surface area contributed by atoms with Crippen molar-refractivity contribution in [1.29, 1.82) is 0 Å². The highest BCUT2D eigenvalue weighted by Crippen LogP contribution is 2.23. The van der Waals surface area contributed by atoms with Crippen molar-refractivity contribution in [3.8, 4) is 5.69 Å². The van der Waals surface area contributed by atoms with Crippen molar-refractivity contribution in [1.82, 2.24) is 14.8 Å². The van der Waals surface area contributed by atoms with Crippen molar-refractivity contribution in [2.24, 2.45) is 0 Å². The van der Waals surface area contributed by atoms with Crippen LogP contribution in [0.15, 0.2) is 53.7 Å². The highest BCUT2D eigenvalue weighted by atomic mass is 32.2. The van der Waals surface area contributed by atoms with Crippen LogP contribution in [0.4, 0.5) is 0 Å². The van der Waals surface area contributed by atoms with Crippen molar-refractivity contribution in [3.05, 3.63) is 71.0 Å². The predicted molar refractivity (Wildman–Crippen MR) is 97.1 cm³/mol. The van der Waals surface area contributed by atoms with Gasteiger partial charge in [-0.05, 0) is 38.5 Å². The summed E-state index contributed by atoms with van der Waals surface area (Å²) in [6.45, 7) is 5.98. The topological polar surface area (TPSA) is 47.8 Å². The number of aromatic nitrogens is 3. The molecule has 1 aromatic heterocycles. The van der Waals surface area contributed by atoms with E-state index >= 15 is 0 Å². The Labute approximate surface area is 145 Å². The maximum Gasteiger partial charge on any atom is 0.196 e. The van der Waals surface area contributed by atoms with Crippen LogP contribution in [0.1, 0.15) is 27.3 Å². The van der Waals surface area contributed by atoms with E-state index in [0.29, 0.717) is 5.75 Å². The molecule has 3 rings (SSSR count). The first-order valence-corrected chi connectivity index (χ1v) is 8.75. The van der Waals surface area contributed by atoms with Gasteiger partial charge < -0.3 is 0 Å². The zero-order valence-electron chi connectivity index (χ0n) is 14.0. The Hall–Kier alpha value is -2.40. The Kier molecular flexibility index (Phi) is 4.81. The number of benzene rings is 2. The molecule has 0 saturated heterocycles. The monoisotopic (exact) mass is 337 g/mol. The number of ketones is 1. The van der Waals surface area contributed by atoms with Crippen molar-refractivity contribution < 1.29 is 4.79 Å². The van der Waals surface area contributed by atoms with Gasteiger partial charge in [-0.15, -0.1) is 10.2 Å². The molecule has 0 N–H and O–H groups in total. The van der Waals surface area contributed by atoms with Gasteiger partial charge in [-0.1, -0.05) is 53.7 Å². The van der Waals surface area contributed by atoms with Gasteiger partial charge in [-0.2, -0.15) is 0 Å². The summed E-state index contributed by atoms with van der Waals surface area (Å²) < 4.78 is 1.99. The summed E-state index contributed by atoms with van der Waals surface area (Å²) in [5, 5.41) is 9.13. The van der Waals surface area contributed by atoms with E-state index in [1.807, 2.05) is 54.8 Å². The van der Waals surface area contributed by atoms with E-state index in [1.165, 1.54) is 17.3 Å². The molecule has 0 bridgehead atoms. The molecule has 4 nitrogen and oxygen atoms in total. The molecule has 0 aliphatic carbocycles. The van der Waals surface area contributed by atoms with E-state index < -0.39 is 0 Å². The van der Waals surface area contributed by atoms with Gasteiger partial charge in [-0.25, -0.2) is 0 Å². The van der Waals surface area contributed by atoms with Crippen molar-refractivity contribution >= 4 is 17.5 Å². The lowest BCUT2D eigenvalue weighted by Gasteiger charge is -2.09. The summed E-state index contributed by atoms with van der Waals surface area (Å²) in [6.07, 6.45) is 0. The minimum Gasteiger partial charge on any atom is -0.293 e. The molecule has 1 heterocycles. The fraction of sp³-hybridized carbons (Fsp3) is 0.211. The molecule has 122 valence electrons. The van der Waals surface area contributed by atoms with E-state index in [4.69, 9.17) is 0 Å². The van der Waals surface area contributed by atoms with Crippen LogP contribution >= 0.6 is 11.8 Å². The highest BCUT2D eigenvalue weighted by Gasteiger charge is 2.14. The molecule has 0 amide bonds. The van der Waals surface area contributed by atoms with Crippen LogP contribution in [-0.4, -0.2) is 26.3 Å². The summed E-state index contributed by atoms with van der Waals surface area (Å²) in [4.78, 5) is 12.4. The number of aryl methyl sites for hydroxylation is 3. The Morgan fingerprint density at radius 2 is 1.75 bits per heavy atom. The van der Waals surface area contributed by atoms with Crippen molar-refractivity contribution in [2.45, 2.75) is 25.9 Å². The first-order chi connectivity index (χ1) is 11.5. The minimum atomic E-state index is 0.0939. The molecular formula is C19H19N3OS. The lowest BCUT2D eigenvalue weighted by Crippen LogP contribution is -2.05. The lowest BCUT2D eigenvalue weighted by molar-refractivity contribution is 0.102. The van der Waals surface area contributed by atoms with Crippen LogP contribution in [0.25, 0.3) is 5.69 Å². The first kappa shape index (κ1) is 16.5. The average molecular weight is 337 g/mol. The highest BCUT2D eigenvalue weighted by molar-refractivity contribution is 7.99. The standard InChI is InChI=1S/C19H19N3OS/c1-13-7-9-16(10-8-13)18(23)12-24-19-21-20-15(3)22(19)17-6-4-5-14(2)11-17/h4-11H,12H2,1-3H3. The fourth-order valence-corrected chi connectivity index (χ4v) is 3.35. The van der Waals surface area contributed by atoms with Crippen LogP contribution in [-0.2, 0) is 0 Å². The van der Waals surface area contributed by atoms with Crippen LogP contribution in [0.2, 0.25) is 0 Å². The molecule has 0 aliphatic rings. The molecule has 2 aromatic carbocycles. The Morgan fingerprint density at radius 3 is 2.46 bits per heavy atom. The largest absolute Gasteiger partial charge is 0.293 e. The quantitative estimate of drug-likeness (QED) is 0.518. The summed E-state index contributed by atoms with van der Waals surface area (Å²) in [5.41, 5.74) is 4.07. The molecule has 5 heteroatoms. The number of hydrogen-bond donors (Lipinski definition) is 0. The van der Waals surface area contributed by atoms with Crippen molar-refractivity contribution in [2.75, 3.05) is 5.75 Å². The van der Waals surface area contributed by atoms with E-state index in [9.17, 15) is 4.79 Å². The van der Waals surface area contributed by atoms with Gasteiger partial charge in [0.15, 0.2) is 10.9 Å². The van der Waals surface area contributed by atoms with Crippen LogP contribution in [0, 0.1) is 20.8 Å². The van der Waals surface area contributed by atoms with E-state index in [-0.39, 0.29) is 5.78 Å². The SMILES string of the molecule is Cc1ccc(C(=O)CSc2nnc(C)n2-c2cccc(C)c2)cc1. The first-order valence-electron chi connectivity index (χ1n) is 7.76. The van der Waals surface area contributed by atoms with Crippen molar-refractivity contribution in [3.63, 3.8) is 0 Å². The molecule has 0 fully saturated rings. The second-order valence-corrected chi connectivity index (χ2v) is 6.72. The zero-order valence-corrected chi connectivity index (χ0v) is 14.8. The molecule has 0 atom stereocenters. The molecule has 0 unspecified atom stereocenters. The smallest absolute Gasteiger partial charge is 0.196 e. The number of nitrogens with zero attached hydrogens (tertiary/aromatic N) is 3. The third-order valence-electron chi connectivity index (χ3n) is 3.76. The molecule has 0 spiro atoms. The summed E-state index contributed by atoms with van der Waals surface area (Å²) >= 11 is 1.42. The number of hydrogen-bond acceptors (Lipinski definition) is 4. The Balaban J connectivity index is 1.79. The van der Waals surface area contributed by atoms with E-state index in [0.717, 1.165) is 27.8 Å². The van der Waals surface area contributed by atoms with Crippen LogP contribution < -0.4 is 0 Å². The second-order valence-electron chi connectivity index (χ2n) is 5.78. The average Bonchev–Trinajstić information content (AvgIpc) is 2.94.